The lowest BCUT2D eigenvalue weighted by Gasteiger charge is -2.26. The average molecular weight is 384 g/mol. The summed E-state index contributed by atoms with van der Waals surface area (Å²) in [7, 11) is 1.63. The highest BCUT2D eigenvalue weighted by Crippen LogP contribution is 2.25. The minimum atomic E-state index is -0.0191. The molecule has 1 aromatic heterocycles. The molecule has 0 unspecified atom stereocenters. The molecule has 0 saturated carbocycles. The summed E-state index contributed by atoms with van der Waals surface area (Å²) in [6, 6.07) is 7.20. The maximum absolute atomic E-state index is 12.9. The number of carbonyl (C=O) groups excluding carboxylic acids is 1. The Morgan fingerprint density at radius 1 is 1.14 bits per heavy atom. The molecule has 1 amide bonds. The number of morpholine rings is 1. The van der Waals surface area contributed by atoms with Crippen LogP contribution >= 0.6 is 0 Å². The van der Waals surface area contributed by atoms with Crippen molar-refractivity contribution in [3.05, 3.63) is 47.3 Å². The van der Waals surface area contributed by atoms with Crippen LogP contribution < -0.4 is 9.64 Å². The van der Waals surface area contributed by atoms with Crippen LogP contribution in [0.3, 0.4) is 0 Å². The Balaban J connectivity index is 1.40. The molecule has 1 fully saturated rings. The van der Waals surface area contributed by atoms with Crippen LogP contribution in [0, 0.1) is 0 Å². The van der Waals surface area contributed by atoms with Gasteiger partial charge < -0.3 is 24.0 Å². The third kappa shape index (κ3) is 4.07. The van der Waals surface area contributed by atoms with Crippen molar-refractivity contribution >= 4 is 11.9 Å². The van der Waals surface area contributed by atoms with Crippen molar-refractivity contribution in [1.29, 1.82) is 0 Å². The minimum absolute atomic E-state index is 0.0191. The van der Waals surface area contributed by atoms with Gasteiger partial charge >= 0.3 is 0 Å². The quantitative estimate of drug-likeness (QED) is 0.699. The number of nitrogens with zero attached hydrogens (tertiary/aromatic N) is 4. The molecule has 2 aliphatic rings. The van der Waals surface area contributed by atoms with Gasteiger partial charge in [0.1, 0.15) is 12.4 Å². The number of hydrogen-bond acceptors (Lipinski definition) is 7. The molecule has 0 N–H and O–H groups in total. The largest absolute Gasteiger partial charge is 0.491 e. The Labute approximate surface area is 164 Å². The number of hydrogen-bond donors (Lipinski definition) is 0. The summed E-state index contributed by atoms with van der Waals surface area (Å²) in [5.74, 6) is 1.42. The van der Waals surface area contributed by atoms with E-state index in [1.807, 2.05) is 18.3 Å². The molecule has 28 heavy (non-hydrogen) atoms. The number of rotatable bonds is 6. The smallest absolute Gasteiger partial charge is 0.254 e. The first kappa shape index (κ1) is 18.6. The topological polar surface area (TPSA) is 77.0 Å². The second kappa shape index (κ2) is 8.53. The second-order valence-corrected chi connectivity index (χ2v) is 6.77. The molecule has 8 heteroatoms. The van der Waals surface area contributed by atoms with Gasteiger partial charge in [-0.1, -0.05) is 0 Å². The predicted octanol–water partition coefficient (Wildman–Crippen LogP) is 1.49. The highest BCUT2D eigenvalue weighted by atomic mass is 16.5. The van der Waals surface area contributed by atoms with Gasteiger partial charge in [0.15, 0.2) is 0 Å². The minimum Gasteiger partial charge on any atom is -0.491 e. The number of benzene rings is 1. The van der Waals surface area contributed by atoms with Crippen molar-refractivity contribution in [1.82, 2.24) is 14.9 Å². The van der Waals surface area contributed by atoms with E-state index >= 15 is 0 Å². The lowest BCUT2D eigenvalue weighted by Crippen LogP contribution is -2.37. The molecule has 0 spiro atoms. The van der Waals surface area contributed by atoms with E-state index in [-0.39, 0.29) is 5.91 Å². The molecule has 2 aromatic rings. The van der Waals surface area contributed by atoms with E-state index < -0.39 is 0 Å². The summed E-state index contributed by atoms with van der Waals surface area (Å²) in [6.45, 7) is 5.01. The highest BCUT2D eigenvalue weighted by Gasteiger charge is 2.27. The van der Waals surface area contributed by atoms with Crippen LogP contribution in [0.25, 0.3) is 0 Å². The summed E-state index contributed by atoms with van der Waals surface area (Å²) in [6.07, 6.45) is 1.84. The molecule has 8 nitrogen and oxygen atoms in total. The fraction of sp³-hybridized carbons (Fsp3) is 0.450. The SMILES string of the molecule is COCCOc1ccc(C(=O)N2Cc3cnc(N4CCOCC4)nc3C2)cc1. The van der Waals surface area contributed by atoms with Crippen LogP contribution in [0.5, 0.6) is 5.75 Å². The molecular formula is C20H24N4O4. The average Bonchev–Trinajstić information content (AvgIpc) is 3.18. The number of methoxy groups -OCH3 is 1. The third-order valence-corrected chi connectivity index (χ3v) is 4.88. The number of amides is 1. The first-order valence-corrected chi connectivity index (χ1v) is 9.43. The molecule has 4 rings (SSSR count). The molecule has 0 atom stereocenters. The van der Waals surface area contributed by atoms with Gasteiger partial charge in [-0.25, -0.2) is 9.97 Å². The summed E-state index contributed by atoms with van der Waals surface area (Å²) in [5.41, 5.74) is 2.56. The van der Waals surface area contributed by atoms with E-state index in [1.165, 1.54) is 0 Å². The van der Waals surface area contributed by atoms with Crippen molar-refractivity contribution in [2.75, 3.05) is 51.5 Å². The lowest BCUT2D eigenvalue weighted by molar-refractivity contribution is 0.0750. The molecule has 0 radical (unpaired) electrons. The van der Waals surface area contributed by atoms with Gasteiger partial charge in [0.2, 0.25) is 5.95 Å². The number of aromatic nitrogens is 2. The fourth-order valence-electron chi connectivity index (χ4n) is 3.32. The molecule has 1 aromatic carbocycles. The number of carbonyl (C=O) groups is 1. The number of anilines is 1. The van der Waals surface area contributed by atoms with Gasteiger partial charge in [-0.2, -0.15) is 0 Å². The van der Waals surface area contributed by atoms with Crippen molar-refractivity contribution in [3.63, 3.8) is 0 Å². The van der Waals surface area contributed by atoms with Crippen LogP contribution in [-0.2, 0) is 22.6 Å². The van der Waals surface area contributed by atoms with E-state index in [2.05, 4.69) is 9.88 Å². The Morgan fingerprint density at radius 2 is 1.93 bits per heavy atom. The molecular weight excluding hydrogens is 360 g/mol. The van der Waals surface area contributed by atoms with E-state index in [1.54, 1.807) is 24.1 Å². The summed E-state index contributed by atoms with van der Waals surface area (Å²) in [5, 5.41) is 0. The van der Waals surface area contributed by atoms with Crippen molar-refractivity contribution in [3.8, 4) is 5.75 Å². The molecule has 2 aliphatic heterocycles. The zero-order valence-electron chi connectivity index (χ0n) is 16.0. The first-order valence-electron chi connectivity index (χ1n) is 9.43. The van der Waals surface area contributed by atoms with Gasteiger partial charge in [-0.05, 0) is 24.3 Å². The van der Waals surface area contributed by atoms with Crippen molar-refractivity contribution < 1.29 is 19.0 Å². The zero-order valence-corrected chi connectivity index (χ0v) is 16.0. The molecule has 1 saturated heterocycles. The maximum Gasteiger partial charge on any atom is 0.254 e. The Bertz CT molecular complexity index is 821. The van der Waals surface area contributed by atoms with Gasteiger partial charge in [0.05, 0.1) is 32.1 Å². The monoisotopic (exact) mass is 384 g/mol. The summed E-state index contributed by atoms with van der Waals surface area (Å²) >= 11 is 0. The van der Waals surface area contributed by atoms with Gasteiger partial charge in [0, 0.05) is 44.1 Å². The van der Waals surface area contributed by atoms with Gasteiger partial charge in [0.25, 0.3) is 5.91 Å². The Hall–Kier alpha value is -2.71. The molecule has 0 bridgehead atoms. The predicted molar refractivity (Wildman–Crippen MR) is 102 cm³/mol. The zero-order chi connectivity index (χ0) is 19.3. The second-order valence-electron chi connectivity index (χ2n) is 6.77. The van der Waals surface area contributed by atoms with E-state index in [9.17, 15) is 4.79 Å². The van der Waals surface area contributed by atoms with E-state index in [0.29, 0.717) is 51.0 Å². The van der Waals surface area contributed by atoms with Gasteiger partial charge in [-0.15, -0.1) is 0 Å². The van der Waals surface area contributed by atoms with Crippen LogP contribution in [-0.4, -0.2) is 67.4 Å². The third-order valence-electron chi connectivity index (χ3n) is 4.88. The van der Waals surface area contributed by atoms with Gasteiger partial charge in [-0.3, -0.25) is 4.79 Å². The van der Waals surface area contributed by atoms with Crippen LogP contribution in [0.2, 0.25) is 0 Å². The van der Waals surface area contributed by atoms with Crippen molar-refractivity contribution in [2.24, 2.45) is 0 Å². The number of ether oxygens (including phenoxy) is 3. The Kier molecular flexibility index (Phi) is 5.68. The van der Waals surface area contributed by atoms with Crippen LogP contribution in [0.15, 0.2) is 30.5 Å². The highest BCUT2D eigenvalue weighted by molar-refractivity contribution is 5.94. The Morgan fingerprint density at radius 3 is 2.68 bits per heavy atom. The van der Waals surface area contributed by atoms with Crippen molar-refractivity contribution in [2.45, 2.75) is 13.1 Å². The first-order chi connectivity index (χ1) is 13.7. The van der Waals surface area contributed by atoms with E-state index in [4.69, 9.17) is 19.2 Å². The molecule has 0 aliphatic carbocycles. The standard InChI is InChI=1S/C20H24N4O4/c1-26-10-11-28-17-4-2-15(3-5-17)19(25)24-13-16-12-21-20(22-18(16)14-24)23-6-8-27-9-7-23/h2-5,12H,6-11,13-14H2,1H3. The van der Waals surface area contributed by atoms with Crippen LogP contribution in [0.1, 0.15) is 21.6 Å². The number of fused-ring (bicyclic) bond motifs is 1. The fourth-order valence-corrected chi connectivity index (χ4v) is 3.32. The van der Waals surface area contributed by atoms with Crippen LogP contribution in [0.4, 0.5) is 5.95 Å². The molecule has 3 heterocycles. The van der Waals surface area contributed by atoms with E-state index in [0.717, 1.165) is 30.1 Å². The normalized spacial score (nSPS) is 16.2. The molecule has 148 valence electrons. The lowest BCUT2D eigenvalue weighted by atomic mass is 10.2. The summed E-state index contributed by atoms with van der Waals surface area (Å²) in [4.78, 5) is 26.0. The maximum atomic E-state index is 12.9. The summed E-state index contributed by atoms with van der Waals surface area (Å²) < 4.78 is 15.9.